The van der Waals surface area contributed by atoms with Crippen LogP contribution in [0.1, 0.15) is 22.5 Å². The molecular formula is C21H23ClN4O. The number of nitrogens with one attached hydrogen (secondary N) is 2. The summed E-state index contributed by atoms with van der Waals surface area (Å²) in [4.78, 5) is 12.4. The van der Waals surface area contributed by atoms with Crippen molar-refractivity contribution < 1.29 is 4.79 Å². The summed E-state index contributed by atoms with van der Waals surface area (Å²) < 4.78 is 1.85. The van der Waals surface area contributed by atoms with E-state index in [0.29, 0.717) is 5.02 Å². The number of aryl methyl sites for hydroxylation is 3. The Morgan fingerprint density at radius 2 is 1.78 bits per heavy atom. The van der Waals surface area contributed by atoms with E-state index in [4.69, 9.17) is 11.6 Å². The summed E-state index contributed by atoms with van der Waals surface area (Å²) in [6.07, 6.45) is 0. The van der Waals surface area contributed by atoms with Gasteiger partial charge < -0.3 is 10.6 Å². The Kier molecular flexibility index (Phi) is 5.51. The van der Waals surface area contributed by atoms with Crippen molar-refractivity contribution in [3.63, 3.8) is 0 Å². The number of hydrogen-bond donors (Lipinski definition) is 2. The molecule has 0 aliphatic carbocycles. The van der Waals surface area contributed by atoms with Gasteiger partial charge in [0.1, 0.15) is 0 Å². The summed E-state index contributed by atoms with van der Waals surface area (Å²) >= 11 is 6.02. The van der Waals surface area contributed by atoms with E-state index in [1.54, 1.807) is 0 Å². The lowest BCUT2D eigenvalue weighted by Crippen LogP contribution is -2.22. The number of carbonyl (C=O) groups is 1. The number of benzene rings is 2. The van der Waals surface area contributed by atoms with Gasteiger partial charge in [-0.15, -0.1) is 0 Å². The zero-order chi connectivity index (χ0) is 19.6. The molecule has 0 fully saturated rings. The van der Waals surface area contributed by atoms with Crippen LogP contribution in [0.3, 0.4) is 0 Å². The Morgan fingerprint density at radius 3 is 2.48 bits per heavy atom. The molecule has 3 rings (SSSR count). The number of nitrogens with zero attached hydrogens (tertiary/aromatic N) is 2. The molecular weight excluding hydrogens is 360 g/mol. The van der Waals surface area contributed by atoms with Crippen molar-refractivity contribution >= 4 is 28.9 Å². The molecule has 2 aromatic carbocycles. The monoisotopic (exact) mass is 382 g/mol. The van der Waals surface area contributed by atoms with Crippen molar-refractivity contribution in [2.45, 2.75) is 27.7 Å². The van der Waals surface area contributed by atoms with Crippen LogP contribution in [0.2, 0.25) is 5.02 Å². The molecule has 140 valence electrons. The molecule has 0 aliphatic rings. The Balaban J connectivity index is 1.72. The molecule has 27 heavy (non-hydrogen) atoms. The Labute approximate surface area is 164 Å². The highest BCUT2D eigenvalue weighted by Gasteiger charge is 2.15. The first-order valence-corrected chi connectivity index (χ1v) is 9.16. The van der Waals surface area contributed by atoms with Crippen LogP contribution < -0.4 is 10.6 Å². The second-order valence-corrected chi connectivity index (χ2v) is 7.09. The van der Waals surface area contributed by atoms with E-state index in [0.717, 1.165) is 34.0 Å². The molecule has 1 aromatic heterocycles. The second-order valence-electron chi connectivity index (χ2n) is 6.65. The van der Waals surface area contributed by atoms with E-state index in [2.05, 4.69) is 15.7 Å². The lowest BCUT2D eigenvalue weighted by atomic mass is 10.2. The summed E-state index contributed by atoms with van der Waals surface area (Å²) in [6, 6.07) is 13.7. The van der Waals surface area contributed by atoms with Crippen molar-refractivity contribution in [1.29, 1.82) is 0 Å². The normalized spacial score (nSPS) is 10.7. The first-order chi connectivity index (χ1) is 12.8. The van der Waals surface area contributed by atoms with Gasteiger partial charge in [-0.05, 0) is 57.5 Å². The summed E-state index contributed by atoms with van der Waals surface area (Å²) in [5.74, 6) is -0.135. The number of hydrogen-bond acceptors (Lipinski definition) is 3. The molecule has 1 amide bonds. The fourth-order valence-electron chi connectivity index (χ4n) is 2.90. The molecule has 0 atom stereocenters. The molecule has 0 bridgehead atoms. The zero-order valence-corrected chi connectivity index (χ0v) is 16.7. The van der Waals surface area contributed by atoms with Gasteiger partial charge in [0.25, 0.3) is 0 Å². The maximum absolute atomic E-state index is 12.4. The zero-order valence-electron chi connectivity index (χ0n) is 15.9. The molecule has 0 spiro atoms. The molecule has 0 saturated carbocycles. The van der Waals surface area contributed by atoms with Crippen molar-refractivity contribution in [3.8, 4) is 5.69 Å². The lowest BCUT2D eigenvalue weighted by Gasteiger charge is -2.11. The highest BCUT2D eigenvalue weighted by molar-refractivity contribution is 6.30. The predicted molar refractivity (Wildman–Crippen MR) is 111 cm³/mol. The molecule has 0 saturated heterocycles. The van der Waals surface area contributed by atoms with Crippen molar-refractivity contribution in [3.05, 3.63) is 70.0 Å². The van der Waals surface area contributed by atoms with Crippen molar-refractivity contribution in [2.75, 3.05) is 17.2 Å². The van der Waals surface area contributed by atoms with Gasteiger partial charge in [0.2, 0.25) is 5.91 Å². The number of amides is 1. The smallest absolute Gasteiger partial charge is 0.243 e. The number of rotatable bonds is 5. The summed E-state index contributed by atoms with van der Waals surface area (Å²) in [6.45, 7) is 8.00. The third-order valence-corrected chi connectivity index (χ3v) is 4.71. The first kappa shape index (κ1) is 19.0. The third kappa shape index (κ3) is 4.31. The molecule has 6 heteroatoms. The van der Waals surface area contributed by atoms with E-state index in [9.17, 15) is 4.79 Å². The fourth-order valence-corrected chi connectivity index (χ4v) is 3.08. The van der Waals surface area contributed by atoms with Crippen molar-refractivity contribution in [2.24, 2.45) is 0 Å². The highest BCUT2D eigenvalue weighted by atomic mass is 35.5. The molecule has 0 aliphatic heterocycles. The number of carbonyl (C=O) groups excluding carboxylic acids is 1. The van der Waals surface area contributed by atoms with E-state index >= 15 is 0 Å². The summed E-state index contributed by atoms with van der Waals surface area (Å²) in [5.41, 5.74) is 6.45. The lowest BCUT2D eigenvalue weighted by molar-refractivity contribution is -0.114. The molecule has 2 N–H and O–H groups in total. The average molecular weight is 383 g/mol. The van der Waals surface area contributed by atoms with Gasteiger partial charge in [-0.1, -0.05) is 35.4 Å². The topological polar surface area (TPSA) is 59.0 Å². The molecule has 3 aromatic rings. The van der Waals surface area contributed by atoms with Crippen LogP contribution in [0.25, 0.3) is 5.69 Å². The number of anilines is 2. The maximum atomic E-state index is 12.4. The fraction of sp³-hybridized carbons (Fsp3) is 0.238. The van der Waals surface area contributed by atoms with Gasteiger partial charge in [0.15, 0.2) is 0 Å². The van der Waals surface area contributed by atoms with Crippen LogP contribution in [0.4, 0.5) is 11.4 Å². The van der Waals surface area contributed by atoms with Gasteiger partial charge in [0, 0.05) is 10.7 Å². The maximum Gasteiger partial charge on any atom is 0.243 e. The SMILES string of the molecule is Cc1ccc(-n2nc(C)c(NC(=O)CNc3cc(Cl)ccc3C)c2C)cc1. The first-order valence-electron chi connectivity index (χ1n) is 8.78. The van der Waals surface area contributed by atoms with Gasteiger partial charge in [0.05, 0.1) is 29.3 Å². The minimum absolute atomic E-state index is 0.135. The highest BCUT2D eigenvalue weighted by Crippen LogP contribution is 2.23. The van der Waals surface area contributed by atoms with E-state index in [1.165, 1.54) is 5.56 Å². The minimum atomic E-state index is -0.135. The molecule has 1 heterocycles. The third-order valence-electron chi connectivity index (χ3n) is 4.47. The van der Waals surface area contributed by atoms with Crippen LogP contribution in [-0.4, -0.2) is 22.2 Å². The summed E-state index contributed by atoms with van der Waals surface area (Å²) in [7, 11) is 0. The van der Waals surface area contributed by atoms with Crippen LogP contribution in [-0.2, 0) is 4.79 Å². The second kappa shape index (κ2) is 7.84. The molecule has 0 unspecified atom stereocenters. The Bertz CT molecular complexity index is 977. The van der Waals surface area contributed by atoms with Gasteiger partial charge in [-0.2, -0.15) is 5.10 Å². The van der Waals surface area contributed by atoms with E-state index < -0.39 is 0 Å². The quantitative estimate of drug-likeness (QED) is 0.665. The standard InChI is InChI=1S/C21H23ClN4O/c1-13-5-9-18(10-6-13)26-16(4)21(15(3)25-26)24-20(27)12-23-19-11-17(22)8-7-14(19)2/h5-11,23H,12H2,1-4H3,(H,24,27). The molecule has 5 nitrogen and oxygen atoms in total. The van der Waals surface area contributed by atoms with Gasteiger partial charge in [-0.25, -0.2) is 4.68 Å². The van der Waals surface area contributed by atoms with Crippen LogP contribution in [0, 0.1) is 27.7 Å². The van der Waals surface area contributed by atoms with Crippen LogP contribution in [0.15, 0.2) is 42.5 Å². The average Bonchev–Trinajstić information content (AvgIpc) is 2.91. The predicted octanol–water partition coefficient (Wildman–Crippen LogP) is 4.81. The van der Waals surface area contributed by atoms with Gasteiger partial charge in [-0.3, -0.25) is 4.79 Å². The Hall–Kier alpha value is -2.79. The number of aromatic nitrogens is 2. The van der Waals surface area contributed by atoms with Crippen molar-refractivity contribution in [1.82, 2.24) is 9.78 Å². The van der Waals surface area contributed by atoms with Gasteiger partial charge >= 0.3 is 0 Å². The molecule has 0 radical (unpaired) electrons. The number of halogens is 1. The van der Waals surface area contributed by atoms with Crippen LogP contribution >= 0.6 is 11.6 Å². The van der Waals surface area contributed by atoms with Crippen LogP contribution in [0.5, 0.6) is 0 Å². The minimum Gasteiger partial charge on any atom is -0.376 e. The Morgan fingerprint density at radius 1 is 1.07 bits per heavy atom. The largest absolute Gasteiger partial charge is 0.376 e. The van der Waals surface area contributed by atoms with E-state index in [-0.39, 0.29) is 12.5 Å². The summed E-state index contributed by atoms with van der Waals surface area (Å²) in [5, 5.41) is 11.3. The van der Waals surface area contributed by atoms with E-state index in [1.807, 2.05) is 74.8 Å².